The summed E-state index contributed by atoms with van der Waals surface area (Å²) in [6.07, 6.45) is 2.52. The lowest BCUT2D eigenvalue weighted by Crippen LogP contribution is -2.27. The smallest absolute Gasteiger partial charge is 0.312 e. The summed E-state index contributed by atoms with van der Waals surface area (Å²) in [4.78, 5) is 14.6. The molecule has 0 aliphatic carbocycles. The number of nitro groups is 1. The van der Waals surface area contributed by atoms with Crippen LogP contribution in [-0.2, 0) is 4.74 Å². The van der Waals surface area contributed by atoms with Crippen molar-refractivity contribution in [1.29, 1.82) is 0 Å². The maximum atomic E-state index is 11.0. The van der Waals surface area contributed by atoms with Gasteiger partial charge in [0.1, 0.15) is 0 Å². The summed E-state index contributed by atoms with van der Waals surface area (Å²) in [7, 11) is 0. The van der Waals surface area contributed by atoms with Gasteiger partial charge in [0.15, 0.2) is 0 Å². The molecule has 2 rings (SSSR count). The van der Waals surface area contributed by atoms with Gasteiger partial charge in [0.25, 0.3) is 0 Å². The lowest BCUT2D eigenvalue weighted by molar-refractivity contribution is -0.384. The van der Waals surface area contributed by atoms with Crippen molar-refractivity contribution in [2.75, 3.05) is 18.5 Å². The molecule has 1 fully saturated rings. The van der Waals surface area contributed by atoms with Crippen LogP contribution in [0.15, 0.2) is 16.7 Å². The van der Waals surface area contributed by atoms with Gasteiger partial charge >= 0.3 is 5.69 Å². The van der Waals surface area contributed by atoms with Crippen molar-refractivity contribution in [3.8, 4) is 0 Å². The van der Waals surface area contributed by atoms with E-state index in [0.717, 1.165) is 13.0 Å². The van der Waals surface area contributed by atoms with Crippen molar-refractivity contribution in [3.63, 3.8) is 0 Å². The molecule has 0 spiro atoms. The van der Waals surface area contributed by atoms with Gasteiger partial charge in [0.2, 0.25) is 5.82 Å². The average molecular weight is 316 g/mol. The summed E-state index contributed by atoms with van der Waals surface area (Å²) in [6.45, 7) is 3.44. The van der Waals surface area contributed by atoms with Gasteiger partial charge in [-0.1, -0.05) is 0 Å². The fourth-order valence-corrected chi connectivity index (χ4v) is 2.28. The fraction of sp³-hybridized carbons (Fsp3) is 0.545. The highest BCUT2D eigenvalue weighted by Gasteiger charge is 2.25. The Morgan fingerprint density at radius 2 is 2.50 bits per heavy atom. The van der Waals surface area contributed by atoms with Crippen LogP contribution in [0.3, 0.4) is 0 Å². The van der Waals surface area contributed by atoms with Gasteiger partial charge in [-0.25, -0.2) is 4.98 Å². The molecule has 0 aromatic carbocycles. The summed E-state index contributed by atoms with van der Waals surface area (Å²) >= 11 is 3.18. The van der Waals surface area contributed by atoms with Crippen LogP contribution in [-0.4, -0.2) is 29.2 Å². The Hall–Kier alpha value is -1.21. The third-order valence-corrected chi connectivity index (χ3v) is 3.50. The molecule has 6 nitrogen and oxygen atoms in total. The van der Waals surface area contributed by atoms with Crippen LogP contribution in [0.5, 0.6) is 0 Å². The maximum Gasteiger partial charge on any atom is 0.312 e. The van der Waals surface area contributed by atoms with Gasteiger partial charge in [-0.05, 0) is 29.3 Å². The van der Waals surface area contributed by atoms with Gasteiger partial charge in [-0.2, -0.15) is 0 Å². The molecule has 1 aliphatic heterocycles. The minimum Gasteiger partial charge on any atom is -0.381 e. The second-order valence-electron chi connectivity index (χ2n) is 4.34. The average Bonchev–Trinajstić information content (AvgIpc) is 2.84. The summed E-state index contributed by atoms with van der Waals surface area (Å²) in [5.74, 6) is 0.678. The van der Waals surface area contributed by atoms with E-state index in [9.17, 15) is 10.1 Å². The van der Waals surface area contributed by atoms with Gasteiger partial charge in [-0.3, -0.25) is 10.1 Å². The number of ether oxygens (including phenoxy) is 1. The van der Waals surface area contributed by atoms with Gasteiger partial charge in [0, 0.05) is 35.3 Å². The first-order chi connectivity index (χ1) is 8.58. The number of hydrogen-bond donors (Lipinski definition) is 1. The van der Waals surface area contributed by atoms with Crippen LogP contribution >= 0.6 is 15.9 Å². The highest BCUT2D eigenvalue weighted by Crippen LogP contribution is 2.27. The van der Waals surface area contributed by atoms with E-state index in [4.69, 9.17) is 4.74 Å². The molecule has 0 saturated carbocycles. The van der Waals surface area contributed by atoms with Crippen molar-refractivity contribution in [3.05, 3.63) is 26.9 Å². The molecular weight excluding hydrogens is 302 g/mol. The van der Waals surface area contributed by atoms with E-state index in [1.165, 1.54) is 6.07 Å². The van der Waals surface area contributed by atoms with E-state index in [2.05, 4.69) is 26.2 Å². The van der Waals surface area contributed by atoms with Gasteiger partial charge in [-0.15, -0.1) is 0 Å². The van der Waals surface area contributed by atoms with E-state index in [-0.39, 0.29) is 11.7 Å². The fourth-order valence-electron chi connectivity index (χ4n) is 1.96. The lowest BCUT2D eigenvalue weighted by Gasteiger charge is -2.19. The predicted octanol–water partition coefficient (Wildman–Crippen LogP) is 2.59. The second-order valence-corrected chi connectivity index (χ2v) is 5.25. The lowest BCUT2D eigenvalue weighted by atomic mass is 10.0. The molecule has 1 N–H and O–H groups in total. The molecular formula is C11H14BrN3O3. The number of hydrogen-bond acceptors (Lipinski definition) is 5. The van der Waals surface area contributed by atoms with Crippen molar-refractivity contribution in [1.82, 2.24) is 4.98 Å². The molecule has 1 saturated heterocycles. The molecule has 98 valence electrons. The highest BCUT2D eigenvalue weighted by atomic mass is 79.9. The third-order valence-electron chi connectivity index (χ3n) is 3.07. The first-order valence-electron chi connectivity index (χ1n) is 5.72. The maximum absolute atomic E-state index is 11.0. The SMILES string of the molecule is CC(Nc1ncc(Br)cc1[N+](=O)[O-])C1CCOC1. The molecule has 0 radical (unpaired) electrons. The zero-order valence-corrected chi connectivity index (χ0v) is 11.5. The first kappa shape index (κ1) is 13.2. The van der Waals surface area contributed by atoms with Crippen LogP contribution in [0.1, 0.15) is 13.3 Å². The van der Waals surface area contributed by atoms with E-state index >= 15 is 0 Å². The Labute approximate surface area is 113 Å². The van der Waals surface area contributed by atoms with Crippen molar-refractivity contribution in [2.45, 2.75) is 19.4 Å². The number of nitrogens with zero attached hydrogens (tertiary/aromatic N) is 2. The third kappa shape index (κ3) is 2.97. The molecule has 2 unspecified atom stereocenters. The van der Waals surface area contributed by atoms with Crippen LogP contribution in [0.2, 0.25) is 0 Å². The second kappa shape index (κ2) is 5.62. The number of anilines is 1. The van der Waals surface area contributed by atoms with E-state index < -0.39 is 4.92 Å². The van der Waals surface area contributed by atoms with Crippen molar-refractivity contribution in [2.24, 2.45) is 5.92 Å². The zero-order valence-electron chi connectivity index (χ0n) is 9.93. The molecule has 0 bridgehead atoms. The van der Waals surface area contributed by atoms with Crippen LogP contribution < -0.4 is 5.32 Å². The topological polar surface area (TPSA) is 77.3 Å². The van der Waals surface area contributed by atoms with Crippen molar-refractivity contribution < 1.29 is 9.66 Å². The number of halogens is 1. The summed E-state index contributed by atoms with van der Waals surface area (Å²) in [5.41, 5.74) is -0.0184. The van der Waals surface area contributed by atoms with Crippen molar-refractivity contribution >= 4 is 27.4 Å². The predicted molar refractivity (Wildman–Crippen MR) is 70.6 cm³/mol. The number of aromatic nitrogens is 1. The normalized spacial score (nSPS) is 20.7. The van der Waals surface area contributed by atoms with Crippen LogP contribution in [0.25, 0.3) is 0 Å². The summed E-state index contributed by atoms with van der Waals surface area (Å²) in [5, 5.41) is 14.1. The molecule has 7 heteroatoms. The highest BCUT2D eigenvalue weighted by molar-refractivity contribution is 9.10. The minimum absolute atomic E-state index is 0.0184. The number of nitrogens with one attached hydrogen (secondary N) is 1. The summed E-state index contributed by atoms with van der Waals surface area (Å²) < 4.78 is 5.91. The van der Waals surface area contributed by atoms with E-state index in [0.29, 0.717) is 22.8 Å². The largest absolute Gasteiger partial charge is 0.381 e. The Morgan fingerprint density at radius 3 is 3.11 bits per heavy atom. The zero-order chi connectivity index (χ0) is 13.1. The molecule has 1 aromatic heterocycles. The Morgan fingerprint density at radius 1 is 1.72 bits per heavy atom. The van der Waals surface area contributed by atoms with E-state index in [1.807, 2.05) is 6.92 Å². The Bertz CT molecular complexity index is 449. The number of rotatable bonds is 4. The molecule has 2 atom stereocenters. The van der Waals surface area contributed by atoms with Gasteiger partial charge in [0.05, 0.1) is 11.5 Å². The van der Waals surface area contributed by atoms with Gasteiger partial charge < -0.3 is 10.1 Å². The standard InChI is InChI=1S/C11H14BrN3O3/c1-7(8-2-3-18-6-8)14-11-10(15(16)17)4-9(12)5-13-11/h4-5,7-8H,2-3,6H2,1H3,(H,13,14). The molecule has 18 heavy (non-hydrogen) atoms. The first-order valence-corrected chi connectivity index (χ1v) is 6.51. The monoisotopic (exact) mass is 315 g/mol. The minimum atomic E-state index is -0.433. The number of pyridine rings is 1. The van der Waals surface area contributed by atoms with Crippen LogP contribution in [0, 0.1) is 16.0 Å². The molecule has 2 heterocycles. The molecule has 1 aliphatic rings. The van der Waals surface area contributed by atoms with Crippen LogP contribution in [0.4, 0.5) is 11.5 Å². The molecule has 1 aromatic rings. The Kier molecular flexibility index (Phi) is 4.13. The van der Waals surface area contributed by atoms with E-state index in [1.54, 1.807) is 6.20 Å². The Balaban J connectivity index is 2.15. The summed E-state index contributed by atoms with van der Waals surface area (Å²) in [6, 6.07) is 1.55. The molecule has 0 amide bonds. The quantitative estimate of drug-likeness (QED) is 0.682.